The van der Waals surface area contributed by atoms with Crippen molar-refractivity contribution in [2.45, 2.75) is 18.2 Å². The number of aryl methyl sites for hydroxylation is 2. The van der Waals surface area contributed by atoms with Gasteiger partial charge in [-0.05, 0) is 36.8 Å². The fourth-order valence-corrected chi connectivity index (χ4v) is 3.12. The van der Waals surface area contributed by atoms with Crippen molar-refractivity contribution in [3.63, 3.8) is 0 Å². The minimum Gasteiger partial charge on any atom is -0.354 e. The number of hydrogen-bond donors (Lipinski definition) is 1. The van der Waals surface area contributed by atoms with Crippen molar-refractivity contribution in [2.75, 3.05) is 17.6 Å². The Balaban J connectivity index is 1.53. The van der Waals surface area contributed by atoms with Gasteiger partial charge in [0.1, 0.15) is 12.0 Å². The first-order valence-electron chi connectivity index (χ1n) is 7.84. The van der Waals surface area contributed by atoms with Gasteiger partial charge in [0.05, 0.1) is 0 Å². The average Bonchev–Trinajstić information content (AvgIpc) is 3.03. The van der Waals surface area contributed by atoms with E-state index in [0.29, 0.717) is 5.95 Å². The quantitative estimate of drug-likeness (QED) is 0.526. The summed E-state index contributed by atoms with van der Waals surface area (Å²) in [5, 5.41) is 7.39. The van der Waals surface area contributed by atoms with Crippen molar-refractivity contribution in [3.8, 4) is 11.5 Å². The molecule has 2 aromatic heterocycles. The van der Waals surface area contributed by atoms with Crippen LogP contribution in [0.4, 0.5) is 5.95 Å². The molecule has 0 aliphatic carbocycles. The smallest absolute Gasteiger partial charge is 0.223 e. The maximum absolute atomic E-state index is 4.58. The first-order chi connectivity index (χ1) is 11.7. The topological polar surface area (TPSA) is 68.5 Å². The monoisotopic (exact) mass is 340 g/mol. The normalized spacial score (nSPS) is 10.8. The van der Waals surface area contributed by atoms with E-state index in [2.05, 4.69) is 49.6 Å². The lowest BCUT2D eigenvalue weighted by Crippen LogP contribution is -2.08. The van der Waals surface area contributed by atoms with Crippen molar-refractivity contribution in [3.05, 3.63) is 48.4 Å². The Morgan fingerprint density at radius 2 is 2.00 bits per heavy atom. The highest BCUT2D eigenvalue weighted by molar-refractivity contribution is 7.99. The van der Waals surface area contributed by atoms with Crippen LogP contribution >= 0.6 is 11.8 Å². The van der Waals surface area contributed by atoms with Crippen LogP contribution in [0.15, 0.2) is 47.8 Å². The minimum atomic E-state index is 0.628. The Morgan fingerprint density at radius 1 is 1.17 bits per heavy atom. The van der Waals surface area contributed by atoms with Crippen molar-refractivity contribution < 1.29 is 0 Å². The molecule has 0 bridgehead atoms. The van der Waals surface area contributed by atoms with Gasteiger partial charge in [-0.15, -0.1) is 11.8 Å². The SMILES string of the molecule is Cc1cnc(NCCCSc2ccccc2)nc1-c1ncnn1C. The molecule has 1 aromatic carbocycles. The number of benzene rings is 1. The first-order valence-corrected chi connectivity index (χ1v) is 8.82. The van der Waals surface area contributed by atoms with Gasteiger partial charge in [0.25, 0.3) is 0 Å². The van der Waals surface area contributed by atoms with Gasteiger partial charge in [0.15, 0.2) is 5.82 Å². The maximum Gasteiger partial charge on any atom is 0.223 e. The van der Waals surface area contributed by atoms with E-state index in [-0.39, 0.29) is 0 Å². The summed E-state index contributed by atoms with van der Waals surface area (Å²) in [5.41, 5.74) is 1.79. The summed E-state index contributed by atoms with van der Waals surface area (Å²) in [7, 11) is 1.86. The fraction of sp³-hybridized carbons (Fsp3) is 0.294. The van der Waals surface area contributed by atoms with Crippen LogP contribution in [-0.2, 0) is 7.05 Å². The zero-order valence-corrected chi connectivity index (χ0v) is 14.6. The molecule has 0 radical (unpaired) electrons. The number of rotatable bonds is 7. The molecule has 0 aliphatic rings. The number of aromatic nitrogens is 5. The number of hydrogen-bond acceptors (Lipinski definition) is 6. The third-order valence-electron chi connectivity index (χ3n) is 3.51. The third-order valence-corrected chi connectivity index (χ3v) is 4.61. The highest BCUT2D eigenvalue weighted by Crippen LogP contribution is 2.19. The molecule has 3 rings (SSSR count). The molecule has 0 saturated carbocycles. The van der Waals surface area contributed by atoms with Crippen LogP contribution in [0.2, 0.25) is 0 Å². The van der Waals surface area contributed by atoms with Crippen molar-refractivity contribution in [1.82, 2.24) is 24.7 Å². The van der Waals surface area contributed by atoms with Crippen LogP contribution in [0.3, 0.4) is 0 Å². The number of nitrogens with one attached hydrogen (secondary N) is 1. The van der Waals surface area contributed by atoms with Crippen LogP contribution in [-0.4, -0.2) is 37.0 Å². The lowest BCUT2D eigenvalue weighted by atomic mass is 10.2. The van der Waals surface area contributed by atoms with Gasteiger partial charge in [0, 0.05) is 24.7 Å². The molecule has 0 atom stereocenters. The Hall–Kier alpha value is -2.41. The molecule has 1 N–H and O–H groups in total. The average molecular weight is 340 g/mol. The van der Waals surface area contributed by atoms with Gasteiger partial charge in [-0.25, -0.2) is 19.6 Å². The molecule has 0 spiro atoms. The van der Waals surface area contributed by atoms with E-state index >= 15 is 0 Å². The minimum absolute atomic E-state index is 0.628. The number of thioether (sulfide) groups is 1. The molecule has 0 unspecified atom stereocenters. The van der Waals surface area contributed by atoms with E-state index in [1.807, 2.05) is 38.0 Å². The fourth-order valence-electron chi connectivity index (χ4n) is 2.24. The Morgan fingerprint density at radius 3 is 2.75 bits per heavy atom. The summed E-state index contributed by atoms with van der Waals surface area (Å²) in [5.74, 6) is 2.43. The molecule has 7 heteroatoms. The molecular weight excluding hydrogens is 320 g/mol. The van der Waals surface area contributed by atoms with Crippen LogP contribution in [0.25, 0.3) is 11.5 Å². The molecular formula is C17H20N6S. The summed E-state index contributed by atoms with van der Waals surface area (Å²) in [6.45, 7) is 2.81. The molecule has 124 valence electrons. The zero-order valence-electron chi connectivity index (χ0n) is 13.8. The molecule has 0 saturated heterocycles. The number of anilines is 1. The molecule has 6 nitrogen and oxygen atoms in total. The van der Waals surface area contributed by atoms with E-state index in [1.54, 1.807) is 4.68 Å². The third kappa shape index (κ3) is 4.11. The zero-order chi connectivity index (χ0) is 16.8. The van der Waals surface area contributed by atoms with Crippen LogP contribution < -0.4 is 5.32 Å². The second kappa shape index (κ2) is 7.92. The van der Waals surface area contributed by atoms with Gasteiger partial charge in [0.2, 0.25) is 5.95 Å². The highest BCUT2D eigenvalue weighted by atomic mass is 32.2. The number of nitrogens with zero attached hydrogens (tertiary/aromatic N) is 5. The highest BCUT2D eigenvalue weighted by Gasteiger charge is 2.11. The summed E-state index contributed by atoms with van der Waals surface area (Å²) in [4.78, 5) is 14.5. The van der Waals surface area contributed by atoms with E-state index in [0.717, 1.165) is 35.8 Å². The lowest BCUT2D eigenvalue weighted by molar-refractivity contribution is 0.770. The van der Waals surface area contributed by atoms with E-state index in [9.17, 15) is 0 Å². The second-order valence-corrected chi connectivity index (χ2v) is 6.54. The Labute approximate surface area is 145 Å². The maximum atomic E-state index is 4.58. The van der Waals surface area contributed by atoms with Gasteiger partial charge < -0.3 is 5.32 Å². The lowest BCUT2D eigenvalue weighted by Gasteiger charge is -2.08. The van der Waals surface area contributed by atoms with Crippen molar-refractivity contribution in [1.29, 1.82) is 0 Å². The molecule has 0 fully saturated rings. The first kappa shape index (κ1) is 16.4. The summed E-state index contributed by atoms with van der Waals surface area (Å²) < 4.78 is 1.72. The molecule has 2 heterocycles. The molecule has 0 aliphatic heterocycles. The van der Waals surface area contributed by atoms with Gasteiger partial charge in [-0.3, -0.25) is 0 Å². The summed E-state index contributed by atoms with van der Waals surface area (Å²) >= 11 is 1.86. The van der Waals surface area contributed by atoms with Crippen LogP contribution in [0.1, 0.15) is 12.0 Å². The standard InChI is InChI=1S/C17H20N6S/c1-13-11-19-17(22-15(13)16-20-12-21-23(16)2)18-9-6-10-24-14-7-4-3-5-8-14/h3-5,7-8,11-12H,6,9-10H2,1-2H3,(H,18,19,22). The van der Waals surface area contributed by atoms with Gasteiger partial charge >= 0.3 is 0 Å². The van der Waals surface area contributed by atoms with Gasteiger partial charge in [-0.1, -0.05) is 18.2 Å². The predicted octanol–water partition coefficient (Wildman–Crippen LogP) is 3.17. The summed E-state index contributed by atoms with van der Waals surface area (Å²) in [6.07, 6.45) is 4.39. The predicted molar refractivity (Wildman–Crippen MR) is 97.0 cm³/mol. The Kier molecular flexibility index (Phi) is 5.43. The van der Waals surface area contributed by atoms with Gasteiger partial charge in [-0.2, -0.15) is 5.10 Å². The van der Waals surface area contributed by atoms with E-state index in [4.69, 9.17) is 0 Å². The summed E-state index contributed by atoms with van der Waals surface area (Å²) in [6, 6.07) is 10.4. The Bertz CT molecular complexity index is 787. The molecule has 0 amide bonds. The van der Waals surface area contributed by atoms with E-state index in [1.165, 1.54) is 11.2 Å². The molecule has 3 aromatic rings. The molecule has 24 heavy (non-hydrogen) atoms. The van der Waals surface area contributed by atoms with E-state index < -0.39 is 0 Å². The van der Waals surface area contributed by atoms with Crippen LogP contribution in [0.5, 0.6) is 0 Å². The van der Waals surface area contributed by atoms with Crippen LogP contribution in [0, 0.1) is 6.92 Å². The largest absolute Gasteiger partial charge is 0.354 e. The van der Waals surface area contributed by atoms with Crippen molar-refractivity contribution >= 4 is 17.7 Å². The second-order valence-electron chi connectivity index (χ2n) is 5.37. The van der Waals surface area contributed by atoms with Crippen molar-refractivity contribution in [2.24, 2.45) is 7.05 Å².